The number of ether oxygens (including phenoxy) is 1. The van der Waals surface area contributed by atoms with Crippen molar-refractivity contribution < 1.29 is 45.1 Å². The van der Waals surface area contributed by atoms with E-state index in [1.807, 2.05) is 0 Å². The summed E-state index contributed by atoms with van der Waals surface area (Å²) >= 11 is 0. The van der Waals surface area contributed by atoms with Crippen molar-refractivity contribution in [3.05, 3.63) is 41.5 Å². The van der Waals surface area contributed by atoms with E-state index in [1.165, 1.54) is 42.9 Å². The molecule has 16 heteroatoms. The molecule has 0 aliphatic carbocycles. The van der Waals surface area contributed by atoms with Crippen LogP contribution in [0.2, 0.25) is 0 Å². The highest BCUT2D eigenvalue weighted by atomic mass is 32.2. The van der Waals surface area contributed by atoms with E-state index in [0.717, 1.165) is 4.90 Å². The van der Waals surface area contributed by atoms with Gasteiger partial charge in [0.2, 0.25) is 10.0 Å². The van der Waals surface area contributed by atoms with Gasteiger partial charge in [0.1, 0.15) is 16.8 Å². The Morgan fingerprint density at radius 3 is 2.55 bits per heavy atom. The highest BCUT2D eigenvalue weighted by Crippen LogP contribution is 2.39. The van der Waals surface area contributed by atoms with Crippen LogP contribution >= 0.6 is 0 Å². The van der Waals surface area contributed by atoms with Gasteiger partial charge in [-0.25, -0.2) is 17.5 Å². The van der Waals surface area contributed by atoms with Crippen LogP contribution in [0, 0.1) is 18.2 Å². The fraction of sp³-hybridized carbons (Fsp3) is 0.458. The highest BCUT2D eigenvalue weighted by molar-refractivity contribution is 7.89. The number of carbonyl (C=O) groups excluding carboxylic acids is 3. The number of fused-ring (bicyclic) bond motifs is 2. The first kappa shape index (κ1) is 29.3. The number of alkyl halides is 3. The molecule has 1 fully saturated rings. The zero-order valence-corrected chi connectivity index (χ0v) is 22.7. The van der Waals surface area contributed by atoms with E-state index in [4.69, 9.17) is 4.74 Å². The Balaban J connectivity index is 1.58. The molecule has 40 heavy (non-hydrogen) atoms. The molecular weight excluding hydrogens is 562 g/mol. The molecule has 0 unspecified atom stereocenters. The summed E-state index contributed by atoms with van der Waals surface area (Å²) in [5, 5.41) is 4.18. The third kappa shape index (κ3) is 5.50. The zero-order chi connectivity index (χ0) is 29.8. The number of hydrogen-bond acceptors (Lipinski definition) is 6. The monoisotopic (exact) mass is 589 g/mol. The Kier molecular flexibility index (Phi) is 7.38. The van der Waals surface area contributed by atoms with Gasteiger partial charge in [-0.1, -0.05) is 6.92 Å². The van der Waals surface area contributed by atoms with Crippen molar-refractivity contribution in [2.45, 2.75) is 43.9 Å². The van der Waals surface area contributed by atoms with E-state index in [-0.39, 0.29) is 47.3 Å². The molecule has 1 saturated heterocycles. The number of halogens is 4. The van der Waals surface area contributed by atoms with Crippen LogP contribution < -0.4 is 20.1 Å². The van der Waals surface area contributed by atoms with Crippen LogP contribution in [0.25, 0.3) is 0 Å². The lowest BCUT2D eigenvalue weighted by molar-refractivity contribution is -0.162. The van der Waals surface area contributed by atoms with Crippen LogP contribution in [0.3, 0.4) is 0 Å². The van der Waals surface area contributed by atoms with E-state index in [2.05, 4.69) is 10.0 Å². The van der Waals surface area contributed by atoms with Gasteiger partial charge in [-0.2, -0.15) is 13.2 Å². The Labute approximate surface area is 226 Å². The standard InChI is InChI=1S/C24H27F4N5O6S/c1-12-7-14(5-6-15(12)25)30-20(34)18-19-16(8-32(18)4)40(37,38)31-17-9-33(10-23(17,3)11-39-19)22(36)21(35)29-13(2)24(26,27)28/h5-8,13,17,31H,9-11H2,1-4H3,(H,29,35)(H,30,34)/t13-,17+,23+/m1/s1. The van der Waals surface area contributed by atoms with Crippen molar-refractivity contribution in [1.82, 2.24) is 19.5 Å². The first-order chi connectivity index (χ1) is 18.4. The first-order valence-corrected chi connectivity index (χ1v) is 13.5. The highest BCUT2D eigenvalue weighted by Gasteiger charge is 2.51. The molecule has 3 heterocycles. The normalized spacial score (nSPS) is 22.7. The van der Waals surface area contributed by atoms with Crippen molar-refractivity contribution in [2.24, 2.45) is 12.5 Å². The number of nitrogens with zero attached hydrogens (tertiary/aromatic N) is 2. The topological polar surface area (TPSA) is 139 Å². The Bertz CT molecular complexity index is 1490. The molecule has 4 rings (SSSR count). The van der Waals surface area contributed by atoms with Crippen molar-refractivity contribution in [3.8, 4) is 5.75 Å². The third-order valence-corrected chi connectivity index (χ3v) is 8.45. The number of carbonyl (C=O) groups is 3. The SMILES string of the molecule is Cc1cc(NC(=O)c2c3c(cn2C)S(=O)(=O)N[C@H]2CN(C(=O)C(=O)N[C@H](C)C(F)(F)F)C[C@@]2(C)CO3)ccc1F. The smallest absolute Gasteiger partial charge is 0.408 e. The van der Waals surface area contributed by atoms with E-state index in [0.29, 0.717) is 6.92 Å². The predicted molar refractivity (Wildman–Crippen MR) is 132 cm³/mol. The van der Waals surface area contributed by atoms with Gasteiger partial charge in [0.05, 0.1) is 6.61 Å². The quantitative estimate of drug-likeness (QED) is 0.368. The molecule has 1 aromatic heterocycles. The maximum absolute atomic E-state index is 13.6. The maximum Gasteiger partial charge on any atom is 0.408 e. The van der Waals surface area contributed by atoms with Gasteiger partial charge in [-0.3, -0.25) is 14.4 Å². The van der Waals surface area contributed by atoms with Crippen LogP contribution in [-0.4, -0.2) is 73.6 Å². The lowest BCUT2D eigenvalue weighted by atomic mass is 9.87. The van der Waals surface area contributed by atoms with Crippen LogP contribution in [0.1, 0.15) is 29.9 Å². The summed E-state index contributed by atoms with van der Waals surface area (Å²) in [5.74, 6) is -4.19. The maximum atomic E-state index is 13.6. The molecule has 218 valence electrons. The second-order valence-corrected chi connectivity index (χ2v) is 11.9. The third-order valence-electron chi connectivity index (χ3n) is 6.98. The predicted octanol–water partition coefficient (Wildman–Crippen LogP) is 1.68. The average Bonchev–Trinajstić information content (AvgIpc) is 3.35. The number of anilines is 1. The summed E-state index contributed by atoms with van der Waals surface area (Å²) in [5.41, 5.74) is -0.714. The summed E-state index contributed by atoms with van der Waals surface area (Å²) in [6.45, 7) is 3.05. The zero-order valence-electron chi connectivity index (χ0n) is 21.8. The van der Waals surface area contributed by atoms with E-state index in [1.54, 1.807) is 12.2 Å². The Hall–Kier alpha value is -3.66. The van der Waals surface area contributed by atoms with Crippen LogP contribution in [-0.2, 0) is 26.7 Å². The van der Waals surface area contributed by atoms with Crippen LogP contribution in [0.4, 0.5) is 23.2 Å². The fourth-order valence-corrected chi connectivity index (χ4v) is 6.14. The van der Waals surface area contributed by atoms with Gasteiger partial charge in [0, 0.05) is 43.5 Å². The number of amides is 3. The molecule has 2 aliphatic heterocycles. The number of nitrogens with one attached hydrogen (secondary N) is 3. The summed E-state index contributed by atoms with van der Waals surface area (Å²) in [6, 6.07) is 0.690. The van der Waals surface area contributed by atoms with Crippen molar-refractivity contribution in [1.29, 1.82) is 0 Å². The summed E-state index contributed by atoms with van der Waals surface area (Å²) < 4.78 is 88.4. The number of likely N-dealkylation sites (tertiary alicyclic amines) is 1. The lowest BCUT2D eigenvalue weighted by Crippen LogP contribution is -2.50. The minimum absolute atomic E-state index is 0.143. The first-order valence-electron chi connectivity index (χ1n) is 12.0. The van der Waals surface area contributed by atoms with Gasteiger partial charge < -0.3 is 24.8 Å². The molecular formula is C24H27F4N5O6S. The van der Waals surface area contributed by atoms with Crippen molar-refractivity contribution in [3.63, 3.8) is 0 Å². The Morgan fingerprint density at radius 2 is 1.93 bits per heavy atom. The van der Waals surface area contributed by atoms with Crippen LogP contribution in [0.15, 0.2) is 29.3 Å². The molecule has 0 spiro atoms. The number of hydrogen-bond donors (Lipinski definition) is 3. The largest absolute Gasteiger partial charge is 0.489 e. The van der Waals surface area contributed by atoms with E-state index >= 15 is 0 Å². The Morgan fingerprint density at radius 1 is 1.25 bits per heavy atom. The minimum atomic E-state index is -4.76. The lowest BCUT2D eigenvalue weighted by Gasteiger charge is -2.32. The molecule has 0 bridgehead atoms. The van der Waals surface area contributed by atoms with E-state index < -0.39 is 57.2 Å². The second-order valence-electron chi connectivity index (χ2n) is 10.2. The van der Waals surface area contributed by atoms with Gasteiger partial charge in [0.25, 0.3) is 5.91 Å². The molecule has 2 aromatic rings. The van der Waals surface area contributed by atoms with Gasteiger partial charge in [-0.05, 0) is 37.6 Å². The number of aromatic nitrogens is 1. The molecule has 0 radical (unpaired) electrons. The molecule has 2 aliphatic rings. The molecule has 3 N–H and O–H groups in total. The van der Waals surface area contributed by atoms with Gasteiger partial charge >= 0.3 is 18.0 Å². The molecule has 1 aromatic carbocycles. The van der Waals surface area contributed by atoms with Gasteiger partial charge in [-0.15, -0.1) is 0 Å². The number of aryl methyl sites for hydroxylation is 2. The summed E-state index contributed by atoms with van der Waals surface area (Å²) in [7, 11) is -2.89. The number of sulfonamides is 1. The molecule has 0 saturated carbocycles. The number of rotatable bonds is 3. The molecule has 3 atom stereocenters. The van der Waals surface area contributed by atoms with Gasteiger partial charge in [0.15, 0.2) is 11.4 Å². The molecule has 11 nitrogen and oxygen atoms in total. The second kappa shape index (κ2) is 10.1. The van der Waals surface area contributed by atoms with Crippen molar-refractivity contribution >= 4 is 33.4 Å². The minimum Gasteiger partial charge on any atom is -0.489 e. The average molecular weight is 590 g/mol. The van der Waals surface area contributed by atoms with Crippen molar-refractivity contribution in [2.75, 3.05) is 25.0 Å². The summed E-state index contributed by atoms with van der Waals surface area (Å²) in [6.07, 6.45) is -3.58. The number of benzene rings is 1. The summed E-state index contributed by atoms with van der Waals surface area (Å²) in [4.78, 5) is 38.6. The van der Waals surface area contributed by atoms with Crippen LogP contribution in [0.5, 0.6) is 5.75 Å². The van der Waals surface area contributed by atoms with E-state index in [9.17, 15) is 40.4 Å². The molecule has 3 amide bonds. The fourth-order valence-electron chi connectivity index (χ4n) is 4.59.